The van der Waals surface area contributed by atoms with Gasteiger partial charge in [0.2, 0.25) is 5.22 Å². The number of amides is 1. The largest absolute Gasteiger partial charge is 0.452 e. The predicted molar refractivity (Wildman–Crippen MR) is 86.0 cm³/mol. The highest BCUT2D eigenvalue weighted by Crippen LogP contribution is 2.29. The van der Waals surface area contributed by atoms with Crippen molar-refractivity contribution in [2.75, 3.05) is 6.26 Å². The average Bonchev–Trinajstić information content (AvgIpc) is 2.82. The Hall–Kier alpha value is -2.36. The molecule has 0 unspecified atom stereocenters. The summed E-state index contributed by atoms with van der Waals surface area (Å²) in [5.74, 6) is -0.837. The SMILES string of the molecule is CS(=O)(=O)O.N=C(N)NC(=O)c1cccc(-c2ccoc2Cl)c1. The second kappa shape index (κ2) is 7.77. The monoisotopic (exact) mass is 359 g/mol. The number of carbonyl (C=O) groups excluding carboxylic acids is 1. The van der Waals surface area contributed by atoms with Gasteiger partial charge in [0.15, 0.2) is 5.96 Å². The van der Waals surface area contributed by atoms with Crippen LogP contribution in [-0.4, -0.2) is 31.1 Å². The van der Waals surface area contributed by atoms with E-state index < -0.39 is 22.0 Å². The van der Waals surface area contributed by atoms with Crippen molar-refractivity contribution in [3.63, 3.8) is 0 Å². The zero-order valence-electron chi connectivity index (χ0n) is 11.9. The van der Waals surface area contributed by atoms with Gasteiger partial charge in [-0.1, -0.05) is 12.1 Å². The lowest BCUT2D eigenvalue weighted by Gasteiger charge is -2.04. The lowest BCUT2D eigenvalue weighted by Crippen LogP contribution is -2.35. The molecule has 1 amide bonds. The number of furan rings is 1. The van der Waals surface area contributed by atoms with E-state index >= 15 is 0 Å². The van der Waals surface area contributed by atoms with Crippen LogP contribution >= 0.6 is 11.6 Å². The van der Waals surface area contributed by atoms with Crippen LogP contribution < -0.4 is 11.1 Å². The number of carbonyl (C=O) groups is 1. The van der Waals surface area contributed by atoms with E-state index in [0.29, 0.717) is 17.4 Å². The van der Waals surface area contributed by atoms with Crippen LogP contribution in [0, 0.1) is 5.41 Å². The molecule has 0 radical (unpaired) electrons. The van der Waals surface area contributed by atoms with Gasteiger partial charge in [0, 0.05) is 11.1 Å². The molecule has 0 spiro atoms. The minimum Gasteiger partial charge on any atom is -0.452 e. The van der Waals surface area contributed by atoms with E-state index in [-0.39, 0.29) is 5.22 Å². The standard InChI is InChI=1S/C12H10ClN3O2.CH4O3S/c13-10-9(4-5-18-10)7-2-1-3-8(6-7)11(17)16-12(14)15;1-5(2,3)4/h1-6H,(H4,14,15,16,17);1H3,(H,2,3,4). The van der Waals surface area contributed by atoms with E-state index in [1.54, 1.807) is 30.3 Å². The van der Waals surface area contributed by atoms with Crippen molar-refractivity contribution in [3.05, 3.63) is 47.4 Å². The third-order valence-electron chi connectivity index (χ3n) is 2.30. The number of nitrogens with two attached hydrogens (primary N) is 1. The highest BCUT2D eigenvalue weighted by Gasteiger charge is 2.10. The average molecular weight is 360 g/mol. The van der Waals surface area contributed by atoms with E-state index in [1.165, 1.54) is 6.26 Å². The fourth-order valence-corrected chi connectivity index (χ4v) is 1.75. The Balaban J connectivity index is 0.000000463. The fraction of sp³-hybridized carbons (Fsp3) is 0.0769. The molecule has 2 aromatic rings. The molecule has 5 N–H and O–H groups in total. The van der Waals surface area contributed by atoms with Crippen LogP contribution in [0.4, 0.5) is 0 Å². The van der Waals surface area contributed by atoms with E-state index in [4.69, 9.17) is 31.7 Å². The topological polar surface area (TPSA) is 146 Å². The summed E-state index contributed by atoms with van der Waals surface area (Å²) in [5.41, 5.74) is 6.95. The maximum atomic E-state index is 11.7. The lowest BCUT2D eigenvalue weighted by molar-refractivity contribution is 0.0976. The lowest BCUT2D eigenvalue weighted by atomic mass is 10.1. The third-order valence-corrected chi connectivity index (χ3v) is 2.59. The van der Waals surface area contributed by atoms with E-state index in [2.05, 4.69) is 5.32 Å². The molecule has 23 heavy (non-hydrogen) atoms. The molecule has 10 heteroatoms. The van der Waals surface area contributed by atoms with Gasteiger partial charge in [-0.2, -0.15) is 8.42 Å². The first-order chi connectivity index (χ1) is 10.6. The first-order valence-corrected chi connectivity index (χ1v) is 8.22. The molecule has 0 aliphatic rings. The zero-order chi connectivity index (χ0) is 17.6. The predicted octanol–water partition coefficient (Wildman–Crippen LogP) is 1.73. The zero-order valence-corrected chi connectivity index (χ0v) is 13.5. The Morgan fingerprint density at radius 3 is 2.48 bits per heavy atom. The molecule has 0 fully saturated rings. The smallest absolute Gasteiger partial charge is 0.261 e. The molecule has 0 atom stereocenters. The second-order valence-corrected chi connectivity index (χ2v) is 6.10. The summed E-state index contributed by atoms with van der Waals surface area (Å²) in [6.07, 6.45) is 2.19. The quantitative estimate of drug-likeness (QED) is 0.364. The van der Waals surface area contributed by atoms with E-state index in [1.807, 2.05) is 0 Å². The summed E-state index contributed by atoms with van der Waals surface area (Å²) in [5, 5.41) is 9.49. The molecular formula is C13H14ClN3O5S. The van der Waals surface area contributed by atoms with Crippen LogP contribution in [0.25, 0.3) is 11.1 Å². The summed E-state index contributed by atoms with van der Waals surface area (Å²) in [4.78, 5) is 11.7. The van der Waals surface area contributed by atoms with Crippen molar-refractivity contribution in [2.24, 2.45) is 5.73 Å². The summed E-state index contributed by atoms with van der Waals surface area (Å²) in [7, 11) is -3.67. The van der Waals surface area contributed by atoms with Gasteiger partial charge in [0.25, 0.3) is 16.0 Å². The highest BCUT2D eigenvalue weighted by atomic mass is 35.5. The van der Waals surface area contributed by atoms with Gasteiger partial charge in [-0.15, -0.1) is 0 Å². The summed E-state index contributed by atoms with van der Waals surface area (Å²) in [6, 6.07) is 8.50. The normalized spacial score (nSPS) is 10.4. The Labute approximate surface area is 137 Å². The molecule has 2 rings (SSSR count). The van der Waals surface area contributed by atoms with Crippen molar-refractivity contribution in [1.82, 2.24) is 5.32 Å². The third kappa shape index (κ3) is 6.96. The Morgan fingerprint density at radius 2 is 2.00 bits per heavy atom. The number of nitrogens with one attached hydrogen (secondary N) is 2. The van der Waals surface area contributed by atoms with Crippen molar-refractivity contribution in [2.45, 2.75) is 0 Å². The van der Waals surface area contributed by atoms with Gasteiger partial charge in [-0.25, -0.2) is 0 Å². The van der Waals surface area contributed by atoms with Gasteiger partial charge in [-0.3, -0.25) is 20.1 Å². The fourth-order valence-electron chi connectivity index (χ4n) is 1.52. The number of hydrogen-bond donors (Lipinski definition) is 4. The molecule has 1 aromatic heterocycles. The van der Waals surface area contributed by atoms with Gasteiger partial charge in [0.1, 0.15) is 0 Å². The van der Waals surface area contributed by atoms with Gasteiger partial charge in [0.05, 0.1) is 12.5 Å². The molecule has 1 aromatic carbocycles. The minimum atomic E-state index is -3.67. The summed E-state index contributed by atoms with van der Waals surface area (Å²) in [6.45, 7) is 0. The summed E-state index contributed by atoms with van der Waals surface area (Å²) >= 11 is 5.87. The van der Waals surface area contributed by atoms with Crippen LogP contribution in [-0.2, 0) is 10.1 Å². The van der Waals surface area contributed by atoms with E-state index in [9.17, 15) is 13.2 Å². The molecule has 0 bridgehead atoms. The summed E-state index contributed by atoms with van der Waals surface area (Å²) < 4.78 is 30.9. The van der Waals surface area contributed by atoms with Gasteiger partial charge < -0.3 is 10.2 Å². The Kier molecular flexibility index (Phi) is 6.31. The molecule has 0 saturated heterocycles. The number of hydrogen-bond acceptors (Lipinski definition) is 5. The first kappa shape index (κ1) is 18.7. The van der Waals surface area contributed by atoms with Crippen LogP contribution in [0.2, 0.25) is 5.22 Å². The Bertz CT molecular complexity index is 809. The van der Waals surface area contributed by atoms with Crippen molar-refractivity contribution < 1.29 is 22.2 Å². The number of benzene rings is 1. The molecule has 1 heterocycles. The van der Waals surface area contributed by atoms with Crippen molar-refractivity contribution in [1.29, 1.82) is 5.41 Å². The van der Waals surface area contributed by atoms with Crippen LogP contribution in [0.5, 0.6) is 0 Å². The molecule has 0 aliphatic carbocycles. The maximum absolute atomic E-state index is 11.7. The molecule has 0 aliphatic heterocycles. The number of guanidine groups is 1. The molecule has 0 saturated carbocycles. The molecular weight excluding hydrogens is 346 g/mol. The van der Waals surface area contributed by atoms with E-state index in [0.717, 1.165) is 5.56 Å². The highest BCUT2D eigenvalue weighted by molar-refractivity contribution is 7.85. The van der Waals surface area contributed by atoms with Gasteiger partial charge in [-0.05, 0) is 35.4 Å². The second-order valence-electron chi connectivity index (χ2n) is 4.29. The molecule has 8 nitrogen and oxygen atoms in total. The van der Waals surface area contributed by atoms with Crippen molar-refractivity contribution in [3.8, 4) is 11.1 Å². The van der Waals surface area contributed by atoms with Crippen molar-refractivity contribution >= 4 is 33.6 Å². The van der Waals surface area contributed by atoms with Crippen LogP contribution in [0.3, 0.4) is 0 Å². The van der Waals surface area contributed by atoms with Gasteiger partial charge >= 0.3 is 0 Å². The number of rotatable bonds is 2. The van der Waals surface area contributed by atoms with Crippen LogP contribution in [0.15, 0.2) is 41.0 Å². The minimum absolute atomic E-state index is 0.263. The Morgan fingerprint density at radius 1 is 1.39 bits per heavy atom. The molecule has 124 valence electrons. The maximum Gasteiger partial charge on any atom is 0.261 e. The van der Waals surface area contributed by atoms with Crippen LogP contribution in [0.1, 0.15) is 10.4 Å². The first-order valence-electron chi connectivity index (χ1n) is 5.99. The number of halogens is 1.